The first-order valence-corrected chi connectivity index (χ1v) is 12.7. The molecule has 206 valence electrons. The molecule has 1 aliphatic carbocycles. The largest absolute Gasteiger partial charge is 0.493 e. The fourth-order valence-electron chi connectivity index (χ4n) is 5.31. The van der Waals surface area contributed by atoms with Gasteiger partial charge < -0.3 is 29.0 Å². The van der Waals surface area contributed by atoms with Gasteiger partial charge in [0.05, 0.1) is 33.5 Å². The molecule has 2 atom stereocenters. The summed E-state index contributed by atoms with van der Waals surface area (Å²) in [5, 5.41) is 3.32. The lowest BCUT2D eigenvalue weighted by Crippen LogP contribution is -2.36. The topological polar surface area (TPSA) is 109 Å². The lowest BCUT2D eigenvalue weighted by Gasteiger charge is -2.36. The van der Waals surface area contributed by atoms with Gasteiger partial charge in [-0.05, 0) is 61.6 Å². The normalized spacial score (nSPS) is 18.7. The van der Waals surface area contributed by atoms with Crippen LogP contribution < -0.4 is 24.3 Å². The number of nitrogens with one attached hydrogen (secondary N) is 1. The van der Waals surface area contributed by atoms with Crippen molar-refractivity contribution in [1.29, 1.82) is 0 Å². The maximum Gasteiger partial charge on any atom is 0.336 e. The second kappa shape index (κ2) is 11.6. The van der Waals surface area contributed by atoms with Crippen molar-refractivity contribution in [3.8, 4) is 23.0 Å². The van der Waals surface area contributed by atoms with E-state index in [0.717, 1.165) is 11.3 Å². The van der Waals surface area contributed by atoms with Crippen LogP contribution in [0.3, 0.4) is 0 Å². The third-order valence-corrected chi connectivity index (χ3v) is 6.97. The molecule has 2 aliphatic rings. The molecule has 0 amide bonds. The minimum atomic E-state index is -0.682. The first-order chi connectivity index (χ1) is 18.7. The van der Waals surface area contributed by atoms with Crippen molar-refractivity contribution < 1.29 is 38.1 Å². The van der Waals surface area contributed by atoms with E-state index in [2.05, 4.69) is 5.32 Å². The number of hydrogen-bond donors (Lipinski definition) is 1. The Hall–Kier alpha value is -4.27. The molecule has 1 N–H and O–H groups in total. The van der Waals surface area contributed by atoms with Gasteiger partial charge >= 0.3 is 11.9 Å². The SMILES string of the molecule is CCOc1cc([C@H]2C(C(=O)OC)=C(C)NC3=C2C(=O)C[C@H](c2ccc(OC)c(OC)c2)C3)ccc1OC(C)=O. The van der Waals surface area contributed by atoms with E-state index in [-0.39, 0.29) is 23.9 Å². The zero-order chi connectivity index (χ0) is 28.3. The molecule has 0 unspecified atom stereocenters. The number of dihydropyridines is 1. The summed E-state index contributed by atoms with van der Waals surface area (Å²) in [4.78, 5) is 38.4. The molecule has 9 heteroatoms. The monoisotopic (exact) mass is 535 g/mol. The van der Waals surface area contributed by atoms with E-state index in [4.69, 9.17) is 23.7 Å². The summed E-state index contributed by atoms with van der Waals surface area (Å²) in [5.41, 5.74) is 3.82. The third kappa shape index (κ3) is 5.48. The Morgan fingerprint density at radius 2 is 1.59 bits per heavy atom. The zero-order valence-electron chi connectivity index (χ0n) is 23.0. The molecule has 4 rings (SSSR count). The van der Waals surface area contributed by atoms with E-state index in [1.165, 1.54) is 14.0 Å². The van der Waals surface area contributed by atoms with Gasteiger partial charge in [0.25, 0.3) is 0 Å². The lowest BCUT2D eigenvalue weighted by atomic mass is 9.71. The maximum absolute atomic E-state index is 13.8. The van der Waals surface area contributed by atoms with Gasteiger partial charge in [0.15, 0.2) is 28.8 Å². The van der Waals surface area contributed by atoms with Crippen LogP contribution in [0.2, 0.25) is 0 Å². The highest BCUT2D eigenvalue weighted by Crippen LogP contribution is 2.47. The van der Waals surface area contributed by atoms with Crippen LogP contribution in [0.1, 0.15) is 56.6 Å². The van der Waals surface area contributed by atoms with Crippen LogP contribution in [-0.2, 0) is 19.1 Å². The van der Waals surface area contributed by atoms with Crippen LogP contribution >= 0.6 is 0 Å². The van der Waals surface area contributed by atoms with E-state index in [0.29, 0.717) is 52.7 Å². The molecule has 0 spiro atoms. The molecular formula is C30H33NO8. The summed E-state index contributed by atoms with van der Waals surface area (Å²) in [6, 6.07) is 10.7. The number of allylic oxidation sites excluding steroid dienone is 3. The van der Waals surface area contributed by atoms with Crippen molar-refractivity contribution >= 4 is 17.7 Å². The highest BCUT2D eigenvalue weighted by molar-refractivity contribution is 6.04. The van der Waals surface area contributed by atoms with Crippen LogP contribution in [0.4, 0.5) is 0 Å². The Balaban J connectivity index is 1.81. The Morgan fingerprint density at radius 1 is 0.923 bits per heavy atom. The average Bonchev–Trinajstić information content (AvgIpc) is 2.92. The number of ether oxygens (including phenoxy) is 5. The minimum absolute atomic E-state index is 0.0792. The summed E-state index contributed by atoms with van der Waals surface area (Å²) in [6.07, 6.45) is 0.812. The van der Waals surface area contributed by atoms with Gasteiger partial charge in [0.1, 0.15) is 0 Å². The fourth-order valence-corrected chi connectivity index (χ4v) is 5.31. The molecule has 1 aliphatic heterocycles. The molecule has 2 aromatic carbocycles. The molecule has 39 heavy (non-hydrogen) atoms. The Labute approximate surface area is 227 Å². The van der Waals surface area contributed by atoms with Gasteiger partial charge in [-0.3, -0.25) is 9.59 Å². The number of rotatable bonds is 8. The van der Waals surface area contributed by atoms with E-state index in [1.807, 2.05) is 25.1 Å². The highest BCUT2D eigenvalue weighted by Gasteiger charge is 2.41. The minimum Gasteiger partial charge on any atom is -0.493 e. The number of carbonyl (C=O) groups is 3. The summed E-state index contributed by atoms with van der Waals surface area (Å²) in [5.74, 6) is -0.0532. The van der Waals surface area contributed by atoms with Crippen molar-refractivity contribution in [2.75, 3.05) is 27.9 Å². The maximum atomic E-state index is 13.8. The standard InChI is InChI=1S/C30H33NO8/c1-7-38-26-15-19(9-11-24(26)39-17(3)32)28-27(30(34)37-6)16(2)31-21-12-20(13-22(33)29(21)28)18-8-10-23(35-4)25(14-18)36-5/h8-11,14-15,20,28,31H,7,12-13H2,1-6H3/t20-,28+/m1/s1. The number of carbonyl (C=O) groups excluding carboxylic acids is 3. The Kier molecular flexibility index (Phi) is 8.28. The molecule has 0 radical (unpaired) electrons. The van der Waals surface area contributed by atoms with E-state index in [1.54, 1.807) is 39.3 Å². The molecule has 0 saturated carbocycles. The lowest BCUT2D eigenvalue weighted by molar-refractivity contribution is -0.136. The van der Waals surface area contributed by atoms with Gasteiger partial charge in [0, 0.05) is 36.2 Å². The van der Waals surface area contributed by atoms with Crippen LogP contribution in [0.5, 0.6) is 23.0 Å². The second-order valence-electron chi connectivity index (χ2n) is 9.36. The zero-order valence-corrected chi connectivity index (χ0v) is 23.0. The second-order valence-corrected chi connectivity index (χ2v) is 9.36. The summed E-state index contributed by atoms with van der Waals surface area (Å²) in [6.45, 7) is 5.26. The molecule has 1 heterocycles. The predicted octanol–water partition coefficient (Wildman–Crippen LogP) is 4.56. The molecule has 9 nitrogen and oxygen atoms in total. The number of Topliss-reactive ketones (excluding diaryl/α,β-unsaturated/α-hetero) is 1. The van der Waals surface area contributed by atoms with Crippen LogP contribution in [-0.4, -0.2) is 45.7 Å². The molecule has 0 bridgehead atoms. The summed E-state index contributed by atoms with van der Waals surface area (Å²) < 4.78 is 27.0. The number of ketones is 1. The number of benzene rings is 2. The molecule has 0 saturated heterocycles. The first kappa shape index (κ1) is 27.8. The Morgan fingerprint density at radius 3 is 2.23 bits per heavy atom. The van der Waals surface area contributed by atoms with Crippen molar-refractivity contribution in [2.24, 2.45) is 0 Å². The molecule has 0 aromatic heterocycles. The first-order valence-electron chi connectivity index (χ1n) is 12.7. The smallest absolute Gasteiger partial charge is 0.336 e. The molecule has 2 aromatic rings. The quantitative estimate of drug-likeness (QED) is 0.384. The van der Waals surface area contributed by atoms with Crippen LogP contribution in [0, 0.1) is 0 Å². The third-order valence-electron chi connectivity index (χ3n) is 6.97. The van der Waals surface area contributed by atoms with E-state index >= 15 is 0 Å². The molecular weight excluding hydrogens is 502 g/mol. The Bertz CT molecular complexity index is 1370. The number of hydrogen-bond acceptors (Lipinski definition) is 9. The van der Waals surface area contributed by atoms with Gasteiger partial charge in [0.2, 0.25) is 0 Å². The van der Waals surface area contributed by atoms with E-state index in [9.17, 15) is 14.4 Å². The van der Waals surface area contributed by atoms with Crippen LogP contribution in [0.25, 0.3) is 0 Å². The highest BCUT2D eigenvalue weighted by atomic mass is 16.6. The van der Waals surface area contributed by atoms with Gasteiger partial charge in [-0.15, -0.1) is 0 Å². The van der Waals surface area contributed by atoms with Crippen molar-refractivity contribution in [3.05, 3.63) is 70.1 Å². The van der Waals surface area contributed by atoms with Crippen molar-refractivity contribution in [1.82, 2.24) is 5.32 Å². The molecule has 0 fully saturated rings. The van der Waals surface area contributed by atoms with E-state index < -0.39 is 17.9 Å². The summed E-state index contributed by atoms with van der Waals surface area (Å²) in [7, 11) is 4.47. The van der Waals surface area contributed by atoms with Crippen molar-refractivity contribution in [3.63, 3.8) is 0 Å². The summed E-state index contributed by atoms with van der Waals surface area (Å²) >= 11 is 0. The van der Waals surface area contributed by atoms with Crippen LogP contribution in [0.15, 0.2) is 58.9 Å². The van der Waals surface area contributed by atoms with Gasteiger partial charge in [-0.25, -0.2) is 4.79 Å². The number of esters is 2. The predicted molar refractivity (Wildman–Crippen MR) is 143 cm³/mol. The van der Waals surface area contributed by atoms with Gasteiger partial charge in [-0.1, -0.05) is 12.1 Å². The fraction of sp³-hybridized carbons (Fsp3) is 0.367. The number of methoxy groups -OCH3 is 3. The van der Waals surface area contributed by atoms with Gasteiger partial charge in [-0.2, -0.15) is 0 Å². The van der Waals surface area contributed by atoms with Crippen molar-refractivity contribution in [2.45, 2.75) is 45.4 Å². The average molecular weight is 536 g/mol.